The van der Waals surface area contributed by atoms with Gasteiger partial charge in [-0.15, -0.1) is 0 Å². The fourth-order valence-corrected chi connectivity index (χ4v) is 2.53. The molecule has 1 unspecified atom stereocenters. The van der Waals surface area contributed by atoms with Gasteiger partial charge in [-0.3, -0.25) is 9.59 Å². The van der Waals surface area contributed by atoms with Crippen LogP contribution in [-0.4, -0.2) is 51.7 Å². The average molecular weight is 405 g/mol. The monoisotopic (exact) mass is 405 g/mol. The van der Waals surface area contributed by atoms with Gasteiger partial charge in [0.15, 0.2) is 11.9 Å². The number of ether oxygens (including phenoxy) is 1. The lowest BCUT2D eigenvalue weighted by Gasteiger charge is -2.19. The average Bonchev–Trinajstić information content (AvgIpc) is 2.59. The van der Waals surface area contributed by atoms with Crippen molar-refractivity contribution in [2.75, 3.05) is 23.0 Å². The first-order valence-electron chi connectivity index (χ1n) is 8.24. The molecule has 0 spiro atoms. The number of amides is 1. The molecule has 154 valence electrons. The van der Waals surface area contributed by atoms with Crippen LogP contribution in [0.3, 0.4) is 0 Å². The highest BCUT2D eigenvalue weighted by molar-refractivity contribution is 6.23. The normalized spacial score (nSPS) is 16.8. The summed E-state index contributed by atoms with van der Waals surface area (Å²) in [6.07, 6.45) is -1.63. The molecule has 0 saturated carbocycles. The van der Waals surface area contributed by atoms with Gasteiger partial charge >= 0.3 is 11.9 Å². The molecule has 0 aromatic heterocycles. The van der Waals surface area contributed by atoms with Gasteiger partial charge in [0.05, 0.1) is 6.61 Å². The van der Waals surface area contributed by atoms with E-state index in [4.69, 9.17) is 10.8 Å². The van der Waals surface area contributed by atoms with Gasteiger partial charge in [-0.1, -0.05) is 0 Å². The highest BCUT2D eigenvalue weighted by Crippen LogP contribution is 2.27. The topological polar surface area (TPSA) is 188 Å². The van der Waals surface area contributed by atoms with Crippen molar-refractivity contribution in [1.29, 1.82) is 0 Å². The number of hydrogen-bond acceptors (Lipinski definition) is 10. The maximum atomic E-state index is 12.0. The third kappa shape index (κ3) is 4.78. The van der Waals surface area contributed by atoms with Crippen LogP contribution in [0.15, 0.2) is 40.8 Å². The van der Waals surface area contributed by atoms with Crippen LogP contribution in [-0.2, 0) is 23.9 Å². The molecule has 11 nitrogen and oxygen atoms in total. The summed E-state index contributed by atoms with van der Waals surface area (Å²) in [5.74, 6) is -4.84. The SMILES string of the molecule is CC(=O)C1=C(O)/C(=C(\C)Nc2cc(N)cc(NC(=O)C(O)CO)c2)C(=O)OC1=O. The van der Waals surface area contributed by atoms with Crippen molar-refractivity contribution in [2.45, 2.75) is 20.0 Å². The van der Waals surface area contributed by atoms with E-state index in [-0.39, 0.29) is 22.8 Å². The van der Waals surface area contributed by atoms with Gasteiger partial charge in [0.1, 0.15) is 16.9 Å². The Labute approximate surface area is 164 Å². The first-order valence-corrected chi connectivity index (χ1v) is 8.24. The van der Waals surface area contributed by atoms with Crippen LogP contribution >= 0.6 is 0 Å². The van der Waals surface area contributed by atoms with Gasteiger partial charge < -0.3 is 36.4 Å². The smallest absolute Gasteiger partial charge is 0.353 e. The number of Topliss-reactive ketones (excluding diaryl/α,β-unsaturated/α-hetero) is 1. The van der Waals surface area contributed by atoms with Crippen molar-refractivity contribution in [3.63, 3.8) is 0 Å². The maximum absolute atomic E-state index is 12.0. The van der Waals surface area contributed by atoms with Crippen LogP contribution in [0.2, 0.25) is 0 Å². The van der Waals surface area contributed by atoms with Crippen molar-refractivity contribution < 1.29 is 39.2 Å². The maximum Gasteiger partial charge on any atom is 0.353 e. The molecular formula is C18H19N3O8. The molecule has 1 aromatic rings. The molecule has 0 radical (unpaired) electrons. The molecular weight excluding hydrogens is 386 g/mol. The van der Waals surface area contributed by atoms with Crippen molar-refractivity contribution in [2.24, 2.45) is 0 Å². The number of esters is 2. The molecule has 1 atom stereocenters. The molecule has 7 N–H and O–H groups in total. The summed E-state index contributed by atoms with van der Waals surface area (Å²) in [6, 6.07) is 4.22. The number of ketones is 1. The second kappa shape index (κ2) is 8.54. The van der Waals surface area contributed by atoms with Crippen molar-refractivity contribution in [3.05, 3.63) is 40.8 Å². The summed E-state index contributed by atoms with van der Waals surface area (Å²) in [7, 11) is 0. The number of benzene rings is 1. The Bertz CT molecular complexity index is 964. The van der Waals surface area contributed by atoms with Crippen molar-refractivity contribution >= 4 is 40.7 Å². The molecule has 1 aromatic carbocycles. The Morgan fingerprint density at radius 3 is 2.24 bits per heavy atom. The zero-order valence-electron chi connectivity index (χ0n) is 15.5. The van der Waals surface area contributed by atoms with E-state index >= 15 is 0 Å². The minimum absolute atomic E-state index is 0.0389. The van der Waals surface area contributed by atoms with E-state index in [1.54, 1.807) is 0 Å². The Kier molecular flexibility index (Phi) is 6.36. The molecule has 0 saturated heterocycles. The second-order valence-corrected chi connectivity index (χ2v) is 6.11. The highest BCUT2D eigenvalue weighted by atomic mass is 16.6. The third-order valence-electron chi connectivity index (χ3n) is 3.82. The molecule has 1 amide bonds. The molecule has 1 aliphatic rings. The molecule has 0 bridgehead atoms. The standard InChI is InChI=1S/C18H19N3O8/c1-7(13-15(25)14(8(2)23)18(28)29-17(13)27)20-10-3-9(19)4-11(5-10)21-16(26)12(24)6-22/h3-5,12,20,22,24-25H,6,19H2,1-2H3,(H,21,26)/b13-7-. The van der Waals surface area contributed by atoms with Crippen molar-refractivity contribution in [3.8, 4) is 0 Å². The summed E-state index contributed by atoms with van der Waals surface area (Å²) < 4.78 is 4.49. The number of carbonyl (C=O) groups is 4. The number of carbonyl (C=O) groups excluding carboxylic acids is 4. The number of aliphatic hydroxyl groups excluding tert-OH is 3. The zero-order chi connectivity index (χ0) is 21.9. The number of rotatable bonds is 6. The number of anilines is 3. The summed E-state index contributed by atoms with van der Waals surface area (Å²) >= 11 is 0. The van der Waals surface area contributed by atoms with Gasteiger partial charge in [0.25, 0.3) is 5.91 Å². The number of nitrogens with two attached hydrogens (primary N) is 1. The first kappa shape index (κ1) is 21.6. The molecule has 29 heavy (non-hydrogen) atoms. The molecule has 0 fully saturated rings. The number of nitrogens with one attached hydrogen (secondary N) is 2. The lowest BCUT2D eigenvalue weighted by molar-refractivity contribution is -0.155. The highest BCUT2D eigenvalue weighted by Gasteiger charge is 2.36. The van der Waals surface area contributed by atoms with Gasteiger partial charge in [-0.05, 0) is 32.0 Å². The van der Waals surface area contributed by atoms with E-state index in [1.165, 1.54) is 25.1 Å². The van der Waals surface area contributed by atoms with Crippen molar-refractivity contribution in [1.82, 2.24) is 0 Å². The molecule has 2 rings (SSSR count). The zero-order valence-corrected chi connectivity index (χ0v) is 15.5. The quantitative estimate of drug-likeness (QED) is 0.121. The third-order valence-corrected chi connectivity index (χ3v) is 3.82. The van der Waals surface area contributed by atoms with Crippen LogP contribution in [0.5, 0.6) is 0 Å². The van der Waals surface area contributed by atoms with E-state index in [1.807, 2.05) is 0 Å². The molecule has 1 aliphatic heterocycles. The van der Waals surface area contributed by atoms with Crippen LogP contribution < -0.4 is 16.4 Å². The van der Waals surface area contributed by atoms with Gasteiger partial charge in [-0.2, -0.15) is 0 Å². The molecule has 1 heterocycles. The van der Waals surface area contributed by atoms with Gasteiger partial charge in [-0.25, -0.2) is 9.59 Å². The number of aliphatic hydroxyl groups is 3. The fourth-order valence-electron chi connectivity index (χ4n) is 2.53. The number of nitrogen functional groups attached to an aromatic ring is 1. The Balaban J connectivity index is 2.40. The minimum atomic E-state index is -1.63. The van der Waals surface area contributed by atoms with E-state index in [2.05, 4.69) is 15.4 Å². The number of hydrogen-bond donors (Lipinski definition) is 6. The van der Waals surface area contributed by atoms with E-state index in [9.17, 15) is 29.4 Å². The predicted octanol–water partition coefficient (Wildman–Crippen LogP) is -0.269. The van der Waals surface area contributed by atoms with Gasteiger partial charge in [0.2, 0.25) is 0 Å². The summed E-state index contributed by atoms with van der Waals surface area (Å²) in [4.78, 5) is 46.9. The fraction of sp³-hybridized carbons (Fsp3) is 0.222. The van der Waals surface area contributed by atoms with Gasteiger partial charge in [0, 0.05) is 22.8 Å². The Hall–Kier alpha value is -3.70. The Morgan fingerprint density at radius 1 is 1.10 bits per heavy atom. The van der Waals surface area contributed by atoms with E-state index < -0.39 is 53.2 Å². The van der Waals surface area contributed by atoms with Crippen LogP contribution in [0.4, 0.5) is 17.1 Å². The van der Waals surface area contributed by atoms with E-state index in [0.717, 1.165) is 6.92 Å². The summed E-state index contributed by atoms with van der Waals surface area (Å²) in [5.41, 5.74) is 5.39. The van der Waals surface area contributed by atoms with Crippen LogP contribution in [0.1, 0.15) is 13.8 Å². The lowest BCUT2D eigenvalue weighted by atomic mass is 10.0. The largest absolute Gasteiger partial charge is 0.506 e. The summed E-state index contributed by atoms with van der Waals surface area (Å²) in [5, 5.41) is 33.5. The Morgan fingerprint density at radius 2 is 1.69 bits per heavy atom. The minimum Gasteiger partial charge on any atom is -0.506 e. The first-order chi connectivity index (χ1) is 13.5. The predicted molar refractivity (Wildman–Crippen MR) is 100 cm³/mol. The second-order valence-electron chi connectivity index (χ2n) is 6.11. The van der Waals surface area contributed by atoms with E-state index in [0.29, 0.717) is 0 Å². The molecule has 11 heteroatoms. The lowest BCUT2D eigenvalue weighted by Crippen LogP contribution is -2.30. The molecule has 0 aliphatic carbocycles. The van der Waals surface area contributed by atoms with Crippen LogP contribution in [0.25, 0.3) is 0 Å². The summed E-state index contributed by atoms with van der Waals surface area (Å²) in [6.45, 7) is 1.66. The number of cyclic esters (lactones) is 2. The van der Waals surface area contributed by atoms with Crippen LogP contribution in [0, 0.1) is 0 Å². The number of allylic oxidation sites excluding steroid dienone is 1.